The van der Waals surface area contributed by atoms with Crippen LogP contribution >= 0.6 is 34.5 Å². The minimum absolute atomic E-state index is 0.162. The lowest BCUT2D eigenvalue weighted by Crippen LogP contribution is -2.10. The minimum atomic E-state index is -0.162. The van der Waals surface area contributed by atoms with Gasteiger partial charge in [-0.25, -0.2) is 4.98 Å². The molecule has 0 aliphatic carbocycles. The van der Waals surface area contributed by atoms with Gasteiger partial charge in [0.05, 0.1) is 11.3 Å². The minimum Gasteiger partial charge on any atom is -0.309 e. The molecule has 2 heterocycles. The van der Waals surface area contributed by atoms with E-state index in [9.17, 15) is 4.79 Å². The number of H-pyrrole nitrogens is 1. The number of benzene rings is 1. The van der Waals surface area contributed by atoms with Crippen molar-refractivity contribution in [2.45, 2.75) is 12.8 Å². The van der Waals surface area contributed by atoms with Gasteiger partial charge in [0, 0.05) is 15.5 Å². The number of aryl methyl sites for hydroxylation is 1. The first kappa shape index (κ1) is 13.6. The lowest BCUT2D eigenvalue weighted by molar-refractivity contribution is 1.04. The van der Waals surface area contributed by atoms with E-state index in [4.69, 9.17) is 23.2 Å². The predicted octanol–water partition coefficient (Wildman–Crippen LogP) is 4.35. The highest BCUT2D eigenvalue weighted by Gasteiger charge is 2.16. The Hall–Kier alpha value is -1.36. The van der Waals surface area contributed by atoms with Crippen molar-refractivity contribution in [1.82, 2.24) is 9.97 Å². The molecule has 6 heteroatoms. The van der Waals surface area contributed by atoms with Crippen molar-refractivity contribution < 1.29 is 0 Å². The van der Waals surface area contributed by atoms with Crippen molar-refractivity contribution in [3.05, 3.63) is 50.3 Å². The zero-order valence-electron chi connectivity index (χ0n) is 10.5. The second kappa shape index (κ2) is 5.20. The zero-order valence-corrected chi connectivity index (χ0v) is 12.9. The van der Waals surface area contributed by atoms with E-state index in [1.165, 1.54) is 11.3 Å². The van der Waals surface area contributed by atoms with E-state index in [-0.39, 0.29) is 11.4 Å². The molecule has 0 spiro atoms. The first-order valence-electron chi connectivity index (χ1n) is 5.94. The molecule has 0 saturated carbocycles. The highest BCUT2D eigenvalue weighted by atomic mass is 35.5. The number of hydrogen-bond acceptors (Lipinski definition) is 3. The number of aromatic amines is 1. The fourth-order valence-electron chi connectivity index (χ4n) is 2.22. The second-order valence-electron chi connectivity index (χ2n) is 4.37. The Morgan fingerprint density at radius 1 is 1.40 bits per heavy atom. The maximum atomic E-state index is 12.3. The molecule has 1 aromatic carbocycles. The number of nitrogens with zero attached hydrogens (tertiary/aromatic N) is 1. The molecule has 1 N–H and O–H groups in total. The standard InChI is InChI=1S/C14H10Cl2N2OS/c1-7-11(8-3-2-4-9(16)5-8)12-13(19)17-10(6-15)18-14(12)20-7/h2-5H,6H2,1H3,(H,17,18,19). The number of thiophene rings is 1. The molecule has 0 atom stereocenters. The van der Waals surface area contributed by atoms with Crippen LogP contribution in [0.3, 0.4) is 0 Å². The Morgan fingerprint density at radius 2 is 2.20 bits per heavy atom. The molecule has 3 aromatic rings. The monoisotopic (exact) mass is 324 g/mol. The van der Waals surface area contributed by atoms with Gasteiger partial charge in [0.25, 0.3) is 5.56 Å². The van der Waals surface area contributed by atoms with Crippen LogP contribution in [0.25, 0.3) is 21.3 Å². The fraction of sp³-hybridized carbons (Fsp3) is 0.143. The summed E-state index contributed by atoms with van der Waals surface area (Å²) in [6, 6.07) is 7.47. The second-order valence-corrected chi connectivity index (χ2v) is 6.28. The number of hydrogen-bond donors (Lipinski definition) is 1. The molecule has 2 aromatic heterocycles. The number of rotatable bonds is 2. The Bertz CT molecular complexity index is 854. The maximum Gasteiger partial charge on any atom is 0.260 e. The molecule has 0 radical (unpaired) electrons. The quantitative estimate of drug-likeness (QED) is 0.712. The average Bonchev–Trinajstić information content (AvgIpc) is 2.75. The van der Waals surface area contributed by atoms with Crippen LogP contribution in [0.5, 0.6) is 0 Å². The van der Waals surface area contributed by atoms with Crippen LogP contribution in [-0.4, -0.2) is 9.97 Å². The van der Waals surface area contributed by atoms with E-state index in [1.807, 2.05) is 31.2 Å². The molecule has 0 unspecified atom stereocenters. The zero-order chi connectivity index (χ0) is 14.3. The Labute approximate surface area is 129 Å². The van der Waals surface area contributed by atoms with Crippen LogP contribution in [0, 0.1) is 6.92 Å². The summed E-state index contributed by atoms with van der Waals surface area (Å²) in [4.78, 5) is 21.1. The van der Waals surface area contributed by atoms with Crippen molar-refractivity contribution in [3.8, 4) is 11.1 Å². The third kappa shape index (κ3) is 2.24. The molecule has 20 heavy (non-hydrogen) atoms. The summed E-state index contributed by atoms with van der Waals surface area (Å²) < 4.78 is 0. The lowest BCUT2D eigenvalue weighted by atomic mass is 10.0. The van der Waals surface area contributed by atoms with E-state index in [1.54, 1.807) is 0 Å². The summed E-state index contributed by atoms with van der Waals surface area (Å²) in [7, 11) is 0. The highest BCUT2D eigenvalue weighted by molar-refractivity contribution is 7.19. The van der Waals surface area contributed by atoms with E-state index >= 15 is 0 Å². The smallest absolute Gasteiger partial charge is 0.260 e. The van der Waals surface area contributed by atoms with E-state index in [0.29, 0.717) is 21.1 Å². The molecular weight excluding hydrogens is 315 g/mol. The normalized spacial score (nSPS) is 11.2. The van der Waals surface area contributed by atoms with Gasteiger partial charge in [-0.1, -0.05) is 23.7 Å². The van der Waals surface area contributed by atoms with Crippen LogP contribution in [0.1, 0.15) is 10.7 Å². The van der Waals surface area contributed by atoms with Gasteiger partial charge < -0.3 is 4.98 Å². The van der Waals surface area contributed by atoms with Crippen LogP contribution in [0.2, 0.25) is 5.02 Å². The van der Waals surface area contributed by atoms with Crippen molar-refractivity contribution >= 4 is 44.8 Å². The van der Waals surface area contributed by atoms with Crippen molar-refractivity contribution in [2.75, 3.05) is 0 Å². The molecule has 0 fully saturated rings. The predicted molar refractivity (Wildman–Crippen MR) is 85.0 cm³/mol. The van der Waals surface area contributed by atoms with Gasteiger partial charge in [-0.15, -0.1) is 22.9 Å². The maximum absolute atomic E-state index is 12.3. The number of alkyl halides is 1. The number of fused-ring (bicyclic) bond motifs is 1. The number of nitrogens with one attached hydrogen (secondary N) is 1. The van der Waals surface area contributed by atoms with Crippen molar-refractivity contribution in [1.29, 1.82) is 0 Å². The number of halogens is 2. The van der Waals surface area contributed by atoms with Crippen LogP contribution < -0.4 is 5.56 Å². The van der Waals surface area contributed by atoms with Gasteiger partial charge in [0.15, 0.2) is 0 Å². The summed E-state index contributed by atoms with van der Waals surface area (Å²) in [5.41, 5.74) is 1.65. The molecule has 0 saturated heterocycles. The molecule has 102 valence electrons. The summed E-state index contributed by atoms with van der Waals surface area (Å²) >= 11 is 13.3. The summed E-state index contributed by atoms with van der Waals surface area (Å²) in [5, 5.41) is 1.24. The van der Waals surface area contributed by atoms with Crippen molar-refractivity contribution in [2.24, 2.45) is 0 Å². The van der Waals surface area contributed by atoms with Crippen molar-refractivity contribution in [3.63, 3.8) is 0 Å². The summed E-state index contributed by atoms with van der Waals surface area (Å²) in [5.74, 6) is 0.678. The molecule has 3 rings (SSSR count). The summed E-state index contributed by atoms with van der Waals surface area (Å²) in [6.45, 7) is 1.97. The van der Waals surface area contributed by atoms with E-state index in [2.05, 4.69) is 9.97 Å². The van der Waals surface area contributed by atoms with Gasteiger partial charge in [0.1, 0.15) is 10.7 Å². The Balaban J connectivity index is 2.37. The van der Waals surface area contributed by atoms with Crippen LogP contribution in [0.4, 0.5) is 0 Å². The third-order valence-electron chi connectivity index (χ3n) is 3.03. The Morgan fingerprint density at radius 3 is 2.90 bits per heavy atom. The Kier molecular flexibility index (Phi) is 3.54. The SMILES string of the molecule is Cc1sc2nc(CCl)[nH]c(=O)c2c1-c1cccc(Cl)c1. The van der Waals surface area contributed by atoms with Gasteiger partial charge in [0.2, 0.25) is 0 Å². The highest BCUT2D eigenvalue weighted by Crippen LogP contribution is 2.36. The molecular formula is C14H10Cl2N2OS. The van der Waals surface area contributed by atoms with Crippen LogP contribution in [-0.2, 0) is 5.88 Å². The first-order valence-corrected chi connectivity index (χ1v) is 7.67. The van der Waals surface area contributed by atoms with E-state index in [0.717, 1.165) is 16.0 Å². The lowest BCUT2D eigenvalue weighted by Gasteiger charge is -2.02. The van der Waals surface area contributed by atoms with Gasteiger partial charge in [-0.05, 0) is 24.6 Å². The molecule has 3 nitrogen and oxygen atoms in total. The molecule has 0 aliphatic heterocycles. The first-order chi connectivity index (χ1) is 9.60. The third-order valence-corrected chi connectivity index (χ3v) is 4.51. The van der Waals surface area contributed by atoms with E-state index < -0.39 is 0 Å². The molecule has 0 aliphatic rings. The van der Waals surface area contributed by atoms with Gasteiger partial charge in [-0.3, -0.25) is 4.79 Å². The number of aromatic nitrogens is 2. The van der Waals surface area contributed by atoms with Gasteiger partial charge in [-0.2, -0.15) is 0 Å². The average molecular weight is 325 g/mol. The fourth-order valence-corrected chi connectivity index (χ4v) is 3.60. The van der Waals surface area contributed by atoms with Crippen LogP contribution in [0.15, 0.2) is 29.1 Å². The topological polar surface area (TPSA) is 45.8 Å². The largest absolute Gasteiger partial charge is 0.309 e. The molecule has 0 bridgehead atoms. The summed E-state index contributed by atoms with van der Waals surface area (Å²) in [6.07, 6.45) is 0. The molecule has 0 amide bonds. The van der Waals surface area contributed by atoms with Gasteiger partial charge >= 0.3 is 0 Å².